The summed E-state index contributed by atoms with van der Waals surface area (Å²) in [5.74, 6) is -0.443. The SMILES string of the molecule is COc1cc2ncnc(Nc3cccc(Cl)c3F)c2cc1CN(CCN1CCCC1)[C@H](C)C(=O)O. The second-order valence-corrected chi connectivity index (χ2v) is 9.07. The number of halogens is 2. The molecule has 1 aliphatic heterocycles. The van der Waals surface area contributed by atoms with E-state index in [-0.39, 0.29) is 10.7 Å². The number of ether oxygens (including phenoxy) is 1. The van der Waals surface area contributed by atoms with Crippen LogP contribution in [0.15, 0.2) is 36.7 Å². The molecule has 3 aromatic rings. The number of aliphatic carboxylic acids is 1. The Kier molecular flexibility index (Phi) is 8.00. The van der Waals surface area contributed by atoms with Crippen LogP contribution in [-0.2, 0) is 11.3 Å². The van der Waals surface area contributed by atoms with Gasteiger partial charge in [0.25, 0.3) is 0 Å². The first kappa shape index (κ1) is 25.1. The molecule has 0 saturated carbocycles. The number of anilines is 2. The summed E-state index contributed by atoms with van der Waals surface area (Å²) in [6.45, 7) is 5.55. The van der Waals surface area contributed by atoms with Crippen LogP contribution in [0.5, 0.6) is 5.75 Å². The first-order valence-electron chi connectivity index (χ1n) is 11.6. The lowest BCUT2D eigenvalue weighted by Gasteiger charge is -2.29. The predicted molar refractivity (Wildman–Crippen MR) is 134 cm³/mol. The molecule has 2 N–H and O–H groups in total. The molecule has 0 bridgehead atoms. The average Bonchev–Trinajstić information content (AvgIpc) is 3.37. The molecule has 1 aliphatic rings. The molecule has 8 nitrogen and oxygen atoms in total. The molecule has 4 rings (SSSR count). The summed E-state index contributed by atoms with van der Waals surface area (Å²) in [6, 6.07) is 7.68. The number of carboxylic acid groups (broad SMARTS) is 1. The molecule has 186 valence electrons. The molecule has 35 heavy (non-hydrogen) atoms. The Hall–Kier alpha value is -3.01. The summed E-state index contributed by atoms with van der Waals surface area (Å²) >= 11 is 5.93. The van der Waals surface area contributed by atoms with Crippen LogP contribution in [0, 0.1) is 5.82 Å². The van der Waals surface area contributed by atoms with Crippen LogP contribution in [-0.4, -0.2) is 70.2 Å². The molecule has 1 aromatic heterocycles. The molecule has 0 amide bonds. The van der Waals surface area contributed by atoms with Gasteiger partial charge in [0, 0.05) is 36.7 Å². The Morgan fingerprint density at radius 1 is 1.31 bits per heavy atom. The fourth-order valence-electron chi connectivity index (χ4n) is 4.33. The van der Waals surface area contributed by atoms with E-state index in [1.807, 2.05) is 11.0 Å². The minimum absolute atomic E-state index is 0.00650. The lowest BCUT2D eigenvalue weighted by Crippen LogP contribution is -2.42. The maximum absolute atomic E-state index is 14.5. The number of aromatic nitrogens is 2. The fourth-order valence-corrected chi connectivity index (χ4v) is 4.51. The molecule has 0 aliphatic carbocycles. The van der Waals surface area contributed by atoms with E-state index < -0.39 is 17.8 Å². The van der Waals surface area contributed by atoms with Crippen LogP contribution < -0.4 is 10.1 Å². The highest BCUT2D eigenvalue weighted by Gasteiger charge is 2.24. The zero-order valence-corrected chi connectivity index (χ0v) is 20.6. The normalized spacial score (nSPS) is 15.0. The van der Waals surface area contributed by atoms with Crippen LogP contribution in [0.25, 0.3) is 10.9 Å². The predicted octanol–water partition coefficient (Wildman–Crippen LogP) is 4.55. The number of benzene rings is 2. The van der Waals surface area contributed by atoms with Crippen LogP contribution in [0.1, 0.15) is 25.3 Å². The summed E-state index contributed by atoms with van der Waals surface area (Å²) < 4.78 is 20.1. The number of nitrogens with one attached hydrogen (secondary N) is 1. The number of rotatable bonds is 10. The van der Waals surface area contributed by atoms with Gasteiger partial charge in [0.15, 0.2) is 5.82 Å². The summed E-state index contributed by atoms with van der Waals surface area (Å²) in [7, 11) is 1.57. The molecule has 1 saturated heterocycles. The number of carboxylic acids is 1. The molecule has 2 aromatic carbocycles. The number of hydrogen-bond donors (Lipinski definition) is 2. The minimum Gasteiger partial charge on any atom is -0.496 e. The lowest BCUT2D eigenvalue weighted by atomic mass is 10.1. The lowest BCUT2D eigenvalue weighted by molar-refractivity contribution is -0.142. The molecule has 1 atom stereocenters. The Bertz CT molecular complexity index is 1210. The second kappa shape index (κ2) is 11.2. The number of nitrogens with zero attached hydrogens (tertiary/aromatic N) is 4. The van der Waals surface area contributed by atoms with Crippen LogP contribution in [0.2, 0.25) is 5.02 Å². The smallest absolute Gasteiger partial charge is 0.320 e. The molecule has 0 radical (unpaired) electrons. The summed E-state index contributed by atoms with van der Waals surface area (Å²) in [6.07, 6.45) is 3.74. The standard InChI is InChI=1S/C25H29ClFN5O3/c1-16(25(33)34)32(11-10-31-8-3-4-9-31)14-17-12-18-21(13-22(17)35-2)28-15-29-24(18)30-20-7-5-6-19(26)23(20)27/h5-7,12-13,15-16H,3-4,8-11,14H2,1-2H3,(H,33,34)(H,28,29,30)/t16-/m1/s1. The minimum atomic E-state index is -0.881. The van der Waals surface area contributed by atoms with Crippen molar-refractivity contribution in [1.29, 1.82) is 0 Å². The fraction of sp³-hybridized carbons (Fsp3) is 0.400. The van der Waals surface area contributed by atoms with Gasteiger partial charge in [-0.05, 0) is 51.1 Å². The maximum atomic E-state index is 14.5. The zero-order chi connectivity index (χ0) is 24.9. The number of hydrogen-bond acceptors (Lipinski definition) is 7. The van der Waals surface area contributed by atoms with Gasteiger partial charge in [0.2, 0.25) is 0 Å². The van der Waals surface area contributed by atoms with Gasteiger partial charge in [0.1, 0.15) is 23.9 Å². The number of methoxy groups -OCH3 is 1. The molecular formula is C25H29ClFN5O3. The monoisotopic (exact) mass is 501 g/mol. The second-order valence-electron chi connectivity index (χ2n) is 8.66. The topological polar surface area (TPSA) is 90.8 Å². The highest BCUT2D eigenvalue weighted by Crippen LogP contribution is 2.32. The van der Waals surface area contributed by atoms with E-state index in [1.165, 1.54) is 25.2 Å². The van der Waals surface area contributed by atoms with E-state index in [0.717, 1.165) is 25.2 Å². The number of fused-ring (bicyclic) bond motifs is 1. The van der Waals surface area contributed by atoms with Crippen molar-refractivity contribution >= 4 is 40.0 Å². The van der Waals surface area contributed by atoms with Gasteiger partial charge in [0.05, 0.1) is 23.3 Å². The van der Waals surface area contributed by atoms with Crippen molar-refractivity contribution in [2.24, 2.45) is 0 Å². The third-order valence-corrected chi connectivity index (χ3v) is 6.71. The average molecular weight is 502 g/mol. The highest BCUT2D eigenvalue weighted by molar-refractivity contribution is 6.31. The third-order valence-electron chi connectivity index (χ3n) is 6.42. The van der Waals surface area contributed by atoms with Crippen molar-refractivity contribution in [1.82, 2.24) is 19.8 Å². The molecular weight excluding hydrogens is 473 g/mol. The quantitative estimate of drug-likeness (QED) is 0.418. The molecule has 0 spiro atoms. The van der Waals surface area contributed by atoms with Gasteiger partial charge in [-0.3, -0.25) is 9.69 Å². The Morgan fingerprint density at radius 3 is 2.80 bits per heavy atom. The van der Waals surface area contributed by atoms with Gasteiger partial charge in [-0.1, -0.05) is 17.7 Å². The van der Waals surface area contributed by atoms with E-state index >= 15 is 0 Å². The van der Waals surface area contributed by atoms with E-state index in [4.69, 9.17) is 16.3 Å². The molecule has 0 unspecified atom stereocenters. The van der Waals surface area contributed by atoms with Crippen LogP contribution >= 0.6 is 11.6 Å². The Morgan fingerprint density at radius 2 is 2.09 bits per heavy atom. The highest BCUT2D eigenvalue weighted by atomic mass is 35.5. The summed E-state index contributed by atoms with van der Waals surface area (Å²) in [5, 5.41) is 13.4. The van der Waals surface area contributed by atoms with Crippen molar-refractivity contribution in [2.75, 3.05) is 38.6 Å². The van der Waals surface area contributed by atoms with E-state index in [0.29, 0.717) is 35.6 Å². The molecule has 1 fully saturated rings. The van der Waals surface area contributed by atoms with Crippen LogP contribution in [0.3, 0.4) is 0 Å². The third kappa shape index (κ3) is 5.80. The summed E-state index contributed by atoms with van der Waals surface area (Å²) in [5.41, 5.74) is 1.60. The van der Waals surface area contributed by atoms with E-state index in [1.54, 1.807) is 32.2 Å². The Balaban J connectivity index is 1.67. The van der Waals surface area contributed by atoms with Gasteiger partial charge in [-0.15, -0.1) is 0 Å². The van der Waals surface area contributed by atoms with Gasteiger partial charge < -0.3 is 20.1 Å². The van der Waals surface area contributed by atoms with Crippen molar-refractivity contribution in [3.8, 4) is 5.75 Å². The number of carbonyl (C=O) groups is 1. The molecule has 2 heterocycles. The van der Waals surface area contributed by atoms with Gasteiger partial charge in [-0.2, -0.15) is 0 Å². The molecule has 10 heteroatoms. The first-order chi connectivity index (χ1) is 16.9. The zero-order valence-electron chi connectivity index (χ0n) is 19.8. The first-order valence-corrected chi connectivity index (χ1v) is 12.0. The van der Waals surface area contributed by atoms with E-state index in [2.05, 4.69) is 20.2 Å². The van der Waals surface area contributed by atoms with Crippen molar-refractivity contribution < 1.29 is 19.0 Å². The summed E-state index contributed by atoms with van der Waals surface area (Å²) in [4.78, 5) is 24.8. The van der Waals surface area contributed by atoms with Crippen LogP contribution in [0.4, 0.5) is 15.9 Å². The number of likely N-dealkylation sites (tertiary alicyclic amines) is 1. The van der Waals surface area contributed by atoms with Crippen molar-refractivity contribution in [3.05, 3.63) is 53.1 Å². The maximum Gasteiger partial charge on any atom is 0.320 e. The van der Waals surface area contributed by atoms with Gasteiger partial charge in [-0.25, -0.2) is 14.4 Å². The van der Waals surface area contributed by atoms with Gasteiger partial charge >= 0.3 is 5.97 Å². The largest absolute Gasteiger partial charge is 0.496 e. The Labute approximate surface area is 208 Å². The van der Waals surface area contributed by atoms with Crippen molar-refractivity contribution in [3.63, 3.8) is 0 Å². The van der Waals surface area contributed by atoms with E-state index in [9.17, 15) is 14.3 Å². The van der Waals surface area contributed by atoms with Crippen molar-refractivity contribution in [2.45, 2.75) is 32.4 Å².